The van der Waals surface area contributed by atoms with Gasteiger partial charge in [-0.25, -0.2) is 4.79 Å². The molecule has 0 atom stereocenters. The average Bonchev–Trinajstić information content (AvgIpc) is 2.80. The number of benzene rings is 4. The molecule has 0 aliphatic rings. The fourth-order valence-electron chi connectivity index (χ4n) is 4.57. The lowest BCUT2D eigenvalue weighted by molar-refractivity contribution is 0.0527. The second-order valence-corrected chi connectivity index (χ2v) is 8.35. The Morgan fingerprint density at radius 2 is 1.32 bits per heavy atom. The highest BCUT2D eigenvalue weighted by molar-refractivity contribution is 6.16. The number of aryl methyl sites for hydroxylation is 2. The van der Waals surface area contributed by atoms with Crippen molar-refractivity contribution in [3.8, 4) is 11.1 Å². The number of nitrogens with one attached hydrogen (secondary N) is 2. The molecule has 0 spiro atoms. The van der Waals surface area contributed by atoms with Crippen LogP contribution in [0.4, 0.5) is 11.4 Å². The van der Waals surface area contributed by atoms with Crippen LogP contribution in [0, 0.1) is 13.8 Å². The highest BCUT2D eigenvalue weighted by Gasteiger charge is 2.19. The SMILES string of the molecule is CCNc1cc2cc3cc(NCC)c(C)cc3c(-c3ccccc3C(=O)OCC)c2cc1C.Cl. The monoisotopic (exact) mass is 476 g/mol. The molecular formula is C29H33ClN2O2. The third-order valence-corrected chi connectivity index (χ3v) is 6.07. The molecule has 0 fully saturated rings. The van der Waals surface area contributed by atoms with E-state index in [0.29, 0.717) is 12.2 Å². The van der Waals surface area contributed by atoms with E-state index in [1.807, 2.05) is 31.2 Å². The van der Waals surface area contributed by atoms with Gasteiger partial charge in [0, 0.05) is 24.5 Å². The summed E-state index contributed by atoms with van der Waals surface area (Å²) in [6, 6.07) is 18.9. The van der Waals surface area contributed by atoms with Crippen molar-refractivity contribution in [3.63, 3.8) is 0 Å². The van der Waals surface area contributed by atoms with E-state index in [1.54, 1.807) is 0 Å². The number of halogens is 1. The number of anilines is 2. The zero-order chi connectivity index (χ0) is 23.5. The lowest BCUT2D eigenvalue weighted by Gasteiger charge is -2.19. The third kappa shape index (κ3) is 4.69. The van der Waals surface area contributed by atoms with Gasteiger partial charge in [-0.15, -0.1) is 12.4 Å². The Hall–Kier alpha value is -3.24. The van der Waals surface area contributed by atoms with E-state index >= 15 is 0 Å². The topological polar surface area (TPSA) is 50.4 Å². The first kappa shape index (κ1) is 25.4. The second-order valence-electron chi connectivity index (χ2n) is 8.35. The van der Waals surface area contributed by atoms with Gasteiger partial charge >= 0.3 is 5.97 Å². The first-order valence-electron chi connectivity index (χ1n) is 11.7. The van der Waals surface area contributed by atoms with Crippen LogP contribution in [0.15, 0.2) is 54.6 Å². The first-order chi connectivity index (χ1) is 16.0. The van der Waals surface area contributed by atoms with Gasteiger partial charge < -0.3 is 15.4 Å². The molecule has 4 rings (SSSR count). The van der Waals surface area contributed by atoms with E-state index in [9.17, 15) is 4.79 Å². The third-order valence-electron chi connectivity index (χ3n) is 6.07. The molecule has 0 saturated heterocycles. The molecule has 4 aromatic rings. The number of carbonyl (C=O) groups excluding carboxylic acids is 1. The van der Waals surface area contributed by atoms with Gasteiger partial charge in [0.25, 0.3) is 0 Å². The van der Waals surface area contributed by atoms with E-state index in [1.165, 1.54) is 11.1 Å². The van der Waals surface area contributed by atoms with Crippen LogP contribution in [0.3, 0.4) is 0 Å². The van der Waals surface area contributed by atoms with Crippen molar-refractivity contribution in [1.82, 2.24) is 0 Å². The molecule has 4 nitrogen and oxygen atoms in total. The Morgan fingerprint density at radius 1 is 0.794 bits per heavy atom. The van der Waals surface area contributed by atoms with Gasteiger partial charge in [-0.1, -0.05) is 18.2 Å². The first-order valence-corrected chi connectivity index (χ1v) is 11.7. The molecular weight excluding hydrogens is 444 g/mol. The van der Waals surface area contributed by atoms with Crippen LogP contribution in [-0.2, 0) is 4.74 Å². The van der Waals surface area contributed by atoms with Crippen molar-refractivity contribution in [3.05, 3.63) is 71.3 Å². The van der Waals surface area contributed by atoms with Crippen LogP contribution in [0.1, 0.15) is 42.3 Å². The molecule has 0 amide bonds. The van der Waals surface area contributed by atoms with Crippen molar-refractivity contribution < 1.29 is 9.53 Å². The Balaban J connectivity index is 0.00000324. The average molecular weight is 477 g/mol. The smallest absolute Gasteiger partial charge is 0.338 e. The highest BCUT2D eigenvalue weighted by Crippen LogP contribution is 2.41. The minimum atomic E-state index is -0.291. The molecule has 0 saturated carbocycles. The van der Waals surface area contributed by atoms with Crippen LogP contribution >= 0.6 is 12.4 Å². The standard InChI is InChI=1S/C29H32N2O2.ClH/c1-6-30-26-16-20-15-21-17-27(31-7-2)19(5)14-25(21)28(24(20)13-18(26)4)22-11-9-10-12-23(22)29(32)33-8-3;/h9-17,30-31H,6-8H2,1-5H3;1H. The van der Waals surface area contributed by atoms with Gasteiger partial charge in [-0.3, -0.25) is 0 Å². The summed E-state index contributed by atoms with van der Waals surface area (Å²) >= 11 is 0. The zero-order valence-corrected chi connectivity index (χ0v) is 21.4. The Morgan fingerprint density at radius 3 is 1.82 bits per heavy atom. The summed E-state index contributed by atoms with van der Waals surface area (Å²) in [5.74, 6) is -0.291. The predicted molar refractivity (Wildman–Crippen MR) is 148 cm³/mol. The van der Waals surface area contributed by atoms with E-state index in [4.69, 9.17) is 4.74 Å². The van der Waals surface area contributed by atoms with Gasteiger partial charge in [0.1, 0.15) is 0 Å². The molecule has 0 aromatic heterocycles. The molecule has 2 N–H and O–H groups in total. The molecule has 34 heavy (non-hydrogen) atoms. The number of carbonyl (C=O) groups is 1. The predicted octanol–water partition coefficient (Wildman–Crippen LogP) is 7.74. The van der Waals surface area contributed by atoms with Crippen LogP contribution in [0.5, 0.6) is 0 Å². The van der Waals surface area contributed by atoms with E-state index in [2.05, 4.69) is 68.7 Å². The summed E-state index contributed by atoms with van der Waals surface area (Å²) in [6.45, 7) is 12.4. The van der Waals surface area contributed by atoms with E-state index in [0.717, 1.165) is 57.1 Å². The molecule has 5 heteroatoms. The van der Waals surface area contributed by atoms with Gasteiger partial charge in [-0.05, 0) is 115 Å². The number of fused-ring (bicyclic) bond motifs is 2. The van der Waals surface area contributed by atoms with Crippen LogP contribution in [0.2, 0.25) is 0 Å². The maximum atomic E-state index is 12.9. The molecule has 0 heterocycles. The summed E-state index contributed by atoms with van der Waals surface area (Å²) in [5, 5.41) is 11.5. The van der Waals surface area contributed by atoms with Gasteiger partial charge in [-0.2, -0.15) is 0 Å². The molecule has 0 aliphatic carbocycles. The van der Waals surface area contributed by atoms with Crippen molar-refractivity contribution in [2.24, 2.45) is 0 Å². The Bertz CT molecular complexity index is 1280. The summed E-state index contributed by atoms with van der Waals surface area (Å²) in [7, 11) is 0. The van der Waals surface area contributed by atoms with Crippen LogP contribution in [-0.4, -0.2) is 25.7 Å². The molecule has 0 bridgehead atoms. The van der Waals surface area contributed by atoms with Crippen molar-refractivity contribution >= 4 is 51.3 Å². The zero-order valence-electron chi connectivity index (χ0n) is 20.5. The lowest BCUT2D eigenvalue weighted by atomic mass is 9.87. The van der Waals surface area contributed by atoms with Gasteiger partial charge in [0.2, 0.25) is 0 Å². The molecule has 4 aromatic carbocycles. The maximum Gasteiger partial charge on any atom is 0.338 e. The Labute approximate surface area is 208 Å². The summed E-state index contributed by atoms with van der Waals surface area (Å²) in [4.78, 5) is 12.9. The normalized spacial score (nSPS) is 10.7. The number of rotatable bonds is 7. The number of ether oxygens (including phenoxy) is 1. The second kappa shape index (κ2) is 10.8. The van der Waals surface area contributed by atoms with E-state index < -0.39 is 0 Å². The number of esters is 1. The minimum absolute atomic E-state index is 0. The highest BCUT2D eigenvalue weighted by atomic mass is 35.5. The molecule has 0 radical (unpaired) electrons. The summed E-state index contributed by atoms with van der Waals surface area (Å²) in [5.41, 5.74) is 7.19. The maximum absolute atomic E-state index is 12.9. The van der Waals surface area contributed by atoms with Gasteiger partial charge in [0.05, 0.1) is 12.2 Å². The Kier molecular flexibility index (Phi) is 8.06. The molecule has 0 unspecified atom stereocenters. The fraction of sp³-hybridized carbons (Fsp3) is 0.276. The lowest BCUT2D eigenvalue weighted by Crippen LogP contribution is -2.07. The summed E-state index contributed by atoms with van der Waals surface area (Å²) < 4.78 is 5.40. The van der Waals surface area contributed by atoms with Crippen LogP contribution in [0.25, 0.3) is 32.7 Å². The number of hydrogen-bond donors (Lipinski definition) is 2. The van der Waals surface area contributed by atoms with Gasteiger partial charge in [0.15, 0.2) is 0 Å². The van der Waals surface area contributed by atoms with Crippen molar-refractivity contribution in [2.45, 2.75) is 34.6 Å². The van der Waals surface area contributed by atoms with Crippen LogP contribution < -0.4 is 10.6 Å². The minimum Gasteiger partial charge on any atom is -0.462 e. The fourth-order valence-corrected chi connectivity index (χ4v) is 4.57. The van der Waals surface area contributed by atoms with Crippen molar-refractivity contribution in [2.75, 3.05) is 30.3 Å². The quantitative estimate of drug-likeness (QED) is 0.211. The largest absolute Gasteiger partial charge is 0.462 e. The van der Waals surface area contributed by atoms with E-state index in [-0.39, 0.29) is 18.4 Å². The molecule has 178 valence electrons. The summed E-state index contributed by atoms with van der Waals surface area (Å²) in [6.07, 6.45) is 0. The van der Waals surface area contributed by atoms with Crippen molar-refractivity contribution in [1.29, 1.82) is 0 Å². The molecule has 0 aliphatic heterocycles. The number of hydrogen-bond acceptors (Lipinski definition) is 4.